The molecule has 0 radical (unpaired) electrons. The second-order valence-electron chi connectivity index (χ2n) is 8.28. The quantitative estimate of drug-likeness (QED) is 0.688. The topological polar surface area (TPSA) is 95.6 Å². The van der Waals surface area contributed by atoms with Crippen molar-refractivity contribution < 1.29 is 18.0 Å². The number of carbonyl (C=O) groups is 2. The number of hydrogen-bond donors (Lipinski definition) is 2. The summed E-state index contributed by atoms with van der Waals surface area (Å²) >= 11 is 0. The van der Waals surface area contributed by atoms with Gasteiger partial charge in [-0.3, -0.25) is 9.59 Å². The minimum atomic E-state index is -3.92. The van der Waals surface area contributed by atoms with Crippen LogP contribution in [0.25, 0.3) is 0 Å². The maximum Gasteiger partial charge on any atom is 0.241 e. The Kier molecular flexibility index (Phi) is 6.81. The molecule has 8 heteroatoms. The zero-order valence-electron chi connectivity index (χ0n) is 18.3. The minimum Gasteiger partial charge on any atom is -0.351 e. The van der Waals surface area contributed by atoms with Crippen LogP contribution in [0.15, 0.2) is 53.4 Å². The fourth-order valence-electron chi connectivity index (χ4n) is 3.88. The SMILES string of the molecule is CC(=O)N1c2ccc(S(=O)(=O)N[C@@H](C(=O)NCc3ccccc3)C(C)C)cc2C[C@@H]1C. The average molecular weight is 444 g/mol. The number of carbonyl (C=O) groups excluding carboxylic acids is 2. The van der Waals surface area contributed by atoms with Crippen molar-refractivity contribution in [3.8, 4) is 0 Å². The van der Waals surface area contributed by atoms with Crippen LogP contribution < -0.4 is 14.9 Å². The van der Waals surface area contributed by atoms with E-state index in [0.717, 1.165) is 16.8 Å². The molecule has 0 unspecified atom stereocenters. The molecule has 0 aromatic heterocycles. The lowest BCUT2D eigenvalue weighted by molar-refractivity contribution is -0.123. The van der Waals surface area contributed by atoms with Gasteiger partial charge in [-0.25, -0.2) is 8.42 Å². The maximum absolute atomic E-state index is 13.1. The molecule has 0 aliphatic carbocycles. The molecule has 3 rings (SSSR count). The van der Waals surface area contributed by atoms with Gasteiger partial charge >= 0.3 is 0 Å². The van der Waals surface area contributed by atoms with E-state index in [0.29, 0.717) is 13.0 Å². The van der Waals surface area contributed by atoms with Gasteiger partial charge in [-0.1, -0.05) is 44.2 Å². The highest BCUT2D eigenvalue weighted by Crippen LogP contribution is 2.34. The Hall–Kier alpha value is -2.71. The summed E-state index contributed by atoms with van der Waals surface area (Å²) in [6.45, 7) is 7.34. The zero-order chi connectivity index (χ0) is 22.8. The van der Waals surface area contributed by atoms with Crippen LogP contribution in [0.1, 0.15) is 38.8 Å². The van der Waals surface area contributed by atoms with Crippen LogP contribution in [0.5, 0.6) is 0 Å². The average Bonchev–Trinajstić information content (AvgIpc) is 3.06. The summed E-state index contributed by atoms with van der Waals surface area (Å²) in [7, 11) is -3.92. The van der Waals surface area contributed by atoms with Gasteiger partial charge in [0, 0.05) is 25.2 Å². The lowest BCUT2D eigenvalue weighted by atomic mass is 10.0. The third-order valence-electron chi connectivity index (χ3n) is 5.46. The summed E-state index contributed by atoms with van der Waals surface area (Å²) in [4.78, 5) is 26.4. The summed E-state index contributed by atoms with van der Waals surface area (Å²) in [5, 5.41) is 2.81. The number of sulfonamides is 1. The van der Waals surface area contributed by atoms with E-state index in [1.807, 2.05) is 37.3 Å². The van der Waals surface area contributed by atoms with Crippen molar-refractivity contribution in [2.75, 3.05) is 4.90 Å². The van der Waals surface area contributed by atoms with Gasteiger partial charge in [0.25, 0.3) is 0 Å². The van der Waals surface area contributed by atoms with Crippen molar-refractivity contribution in [3.05, 3.63) is 59.7 Å². The number of nitrogens with zero attached hydrogens (tertiary/aromatic N) is 1. The predicted molar refractivity (Wildman–Crippen MR) is 120 cm³/mol. The van der Waals surface area contributed by atoms with Crippen molar-refractivity contribution in [3.63, 3.8) is 0 Å². The number of amides is 2. The van der Waals surface area contributed by atoms with Gasteiger partial charge in [0.15, 0.2) is 0 Å². The van der Waals surface area contributed by atoms with Crippen LogP contribution in [-0.4, -0.2) is 32.3 Å². The van der Waals surface area contributed by atoms with Gasteiger partial charge in [0.1, 0.15) is 6.04 Å². The number of fused-ring (bicyclic) bond motifs is 1. The lowest BCUT2D eigenvalue weighted by Crippen LogP contribution is -2.49. The van der Waals surface area contributed by atoms with Crippen LogP contribution in [0.4, 0.5) is 5.69 Å². The van der Waals surface area contributed by atoms with E-state index in [1.54, 1.807) is 30.9 Å². The molecule has 2 N–H and O–H groups in total. The van der Waals surface area contributed by atoms with Crippen LogP contribution in [0, 0.1) is 5.92 Å². The third-order valence-corrected chi connectivity index (χ3v) is 6.90. The first-order chi connectivity index (χ1) is 14.6. The largest absolute Gasteiger partial charge is 0.351 e. The van der Waals surface area contributed by atoms with Gasteiger partial charge in [0.05, 0.1) is 4.90 Å². The minimum absolute atomic E-state index is 0.0226. The summed E-state index contributed by atoms with van der Waals surface area (Å²) in [6.07, 6.45) is 0.587. The zero-order valence-corrected chi connectivity index (χ0v) is 19.1. The Labute approximate surface area is 183 Å². The first-order valence-corrected chi connectivity index (χ1v) is 11.8. The first kappa shape index (κ1) is 23.0. The summed E-state index contributed by atoms with van der Waals surface area (Å²) in [5.41, 5.74) is 2.48. The highest BCUT2D eigenvalue weighted by Gasteiger charge is 2.32. The van der Waals surface area contributed by atoms with E-state index < -0.39 is 16.1 Å². The van der Waals surface area contributed by atoms with E-state index in [9.17, 15) is 18.0 Å². The van der Waals surface area contributed by atoms with Gasteiger partial charge in [-0.15, -0.1) is 0 Å². The standard InChI is InChI=1S/C23H29N3O4S/c1-15(2)22(23(28)24-14-18-8-6-5-7-9-18)25-31(29,30)20-10-11-21-19(13-20)12-16(3)26(21)17(4)27/h5-11,13,15-16,22,25H,12,14H2,1-4H3,(H,24,28)/t16-,22+/m0/s1. The van der Waals surface area contributed by atoms with Gasteiger partial charge < -0.3 is 10.2 Å². The Balaban J connectivity index is 1.77. The molecule has 7 nitrogen and oxygen atoms in total. The molecule has 2 aromatic carbocycles. The monoisotopic (exact) mass is 443 g/mol. The van der Waals surface area contributed by atoms with Crippen LogP contribution >= 0.6 is 0 Å². The summed E-state index contributed by atoms with van der Waals surface area (Å²) in [6, 6.07) is 13.2. The summed E-state index contributed by atoms with van der Waals surface area (Å²) in [5.74, 6) is -0.692. The fourth-order valence-corrected chi connectivity index (χ4v) is 5.27. The van der Waals surface area contributed by atoms with Crippen LogP contribution in [0.2, 0.25) is 0 Å². The second-order valence-corrected chi connectivity index (χ2v) is 9.99. The summed E-state index contributed by atoms with van der Waals surface area (Å²) < 4.78 is 28.7. The molecule has 31 heavy (non-hydrogen) atoms. The number of nitrogens with one attached hydrogen (secondary N) is 2. The maximum atomic E-state index is 13.1. The number of rotatable bonds is 7. The Morgan fingerprint density at radius 2 is 1.81 bits per heavy atom. The molecule has 0 fully saturated rings. The van der Waals surface area contributed by atoms with Crippen LogP contribution in [0.3, 0.4) is 0 Å². The van der Waals surface area contributed by atoms with E-state index in [2.05, 4.69) is 10.0 Å². The number of anilines is 1. The van der Waals surface area contributed by atoms with Crippen molar-refractivity contribution in [1.82, 2.24) is 10.0 Å². The van der Waals surface area contributed by atoms with Crippen molar-refractivity contribution in [2.45, 2.75) is 57.6 Å². The van der Waals surface area contributed by atoms with Crippen molar-refractivity contribution in [1.29, 1.82) is 0 Å². The van der Waals surface area contributed by atoms with E-state index in [4.69, 9.17) is 0 Å². The molecule has 1 aliphatic rings. The number of benzene rings is 2. The lowest BCUT2D eigenvalue weighted by Gasteiger charge is -2.22. The number of hydrogen-bond acceptors (Lipinski definition) is 4. The molecule has 0 bridgehead atoms. The second kappa shape index (κ2) is 9.20. The molecule has 0 spiro atoms. The van der Waals surface area contributed by atoms with E-state index in [1.165, 1.54) is 13.0 Å². The Morgan fingerprint density at radius 3 is 2.42 bits per heavy atom. The first-order valence-electron chi connectivity index (χ1n) is 10.4. The van der Waals surface area contributed by atoms with E-state index in [-0.39, 0.29) is 28.7 Å². The van der Waals surface area contributed by atoms with Gasteiger partial charge in [0.2, 0.25) is 21.8 Å². The molecule has 0 saturated heterocycles. The Bertz CT molecular complexity index is 1070. The molecular weight excluding hydrogens is 414 g/mol. The molecule has 2 aromatic rings. The normalized spacial score (nSPS) is 16.8. The fraction of sp³-hybridized carbons (Fsp3) is 0.391. The highest BCUT2D eigenvalue weighted by atomic mass is 32.2. The highest BCUT2D eigenvalue weighted by molar-refractivity contribution is 7.89. The smallest absolute Gasteiger partial charge is 0.241 e. The van der Waals surface area contributed by atoms with Crippen LogP contribution in [-0.2, 0) is 32.6 Å². The molecule has 1 heterocycles. The van der Waals surface area contributed by atoms with Gasteiger partial charge in [-0.05, 0) is 48.6 Å². The van der Waals surface area contributed by atoms with Crippen molar-refractivity contribution >= 4 is 27.5 Å². The van der Waals surface area contributed by atoms with Gasteiger partial charge in [-0.2, -0.15) is 4.72 Å². The molecule has 1 aliphatic heterocycles. The Morgan fingerprint density at radius 1 is 1.13 bits per heavy atom. The predicted octanol–water partition coefficient (Wildman–Crippen LogP) is 2.60. The molecular formula is C23H29N3O4S. The molecule has 2 atom stereocenters. The molecule has 2 amide bonds. The third kappa shape index (κ3) is 5.14. The molecule has 166 valence electrons. The van der Waals surface area contributed by atoms with E-state index >= 15 is 0 Å². The molecule has 0 saturated carbocycles. The van der Waals surface area contributed by atoms with Crippen molar-refractivity contribution in [2.24, 2.45) is 5.92 Å².